The van der Waals surface area contributed by atoms with Gasteiger partial charge in [0.2, 0.25) is 5.91 Å². The van der Waals surface area contributed by atoms with Gasteiger partial charge in [-0.25, -0.2) is 0 Å². The van der Waals surface area contributed by atoms with Crippen LogP contribution in [0.1, 0.15) is 23.1 Å². The fourth-order valence-electron chi connectivity index (χ4n) is 2.70. The smallest absolute Gasteiger partial charge is 0.225 e. The number of rotatable bonds is 5. The third-order valence-electron chi connectivity index (χ3n) is 4.16. The quantitative estimate of drug-likeness (QED) is 0.717. The highest BCUT2D eigenvalue weighted by molar-refractivity contribution is 6.30. The summed E-state index contributed by atoms with van der Waals surface area (Å²) in [5.74, 6) is 0.495. The number of aromatic amines is 1. The van der Waals surface area contributed by atoms with Crippen molar-refractivity contribution in [3.05, 3.63) is 64.4 Å². The SMILES string of the molecule is Cc1cc(Cl)ccc1CCC(=O)Nc1n[nH]c(-c2ccncc2)c1C. The first-order chi connectivity index (χ1) is 12.0. The summed E-state index contributed by atoms with van der Waals surface area (Å²) in [7, 11) is 0. The van der Waals surface area contributed by atoms with Gasteiger partial charge in [-0.15, -0.1) is 0 Å². The van der Waals surface area contributed by atoms with E-state index in [1.54, 1.807) is 12.4 Å². The van der Waals surface area contributed by atoms with Gasteiger partial charge in [-0.2, -0.15) is 5.10 Å². The van der Waals surface area contributed by atoms with Crippen LogP contribution >= 0.6 is 11.6 Å². The first kappa shape index (κ1) is 17.2. The van der Waals surface area contributed by atoms with E-state index in [-0.39, 0.29) is 5.91 Å². The Kier molecular flexibility index (Phi) is 5.14. The summed E-state index contributed by atoms with van der Waals surface area (Å²) in [5.41, 5.74) is 4.98. The maximum Gasteiger partial charge on any atom is 0.225 e. The molecule has 3 rings (SSSR count). The number of anilines is 1. The van der Waals surface area contributed by atoms with Crippen molar-refractivity contribution in [2.75, 3.05) is 5.32 Å². The Morgan fingerprint density at radius 2 is 1.96 bits per heavy atom. The zero-order chi connectivity index (χ0) is 17.8. The topological polar surface area (TPSA) is 70.7 Å². The van der Waals surface area contributed by atoms with Gasteiger partial charge in [0.05, 0.1) is 5.69 Å². The molecule has 1 amide bonds. The number of aromatic nitrogens is 3. The van der Waals surface area contributed by atoms with E-state index in [1.807, 2.05) is 44.2 Å². The van der Waals surface area contributed by atoms with Crippen LogP contribution in [-0.2, 0) is 11.2 Å². The largest absolute Gasteiger partial charge is 0.309 e. The molecule has 0 saturated carbocycles. The first-order valence-electron chi connectivity index (χ1n) is 8.05. The minimum atomic E-state index is -0.0646. The third-order valence-corrected chi connectivity index (χ3v) is 4.40. The number of aryl methyl sites for hydroxylation is 2. The number of nitrogens with one attached hydrogen (secondary N) is 2. The maximum atomic E-state index is 12.3. The van der Waals surface area contributed by atoms with Crippen molar-refractivity contribution in [3.8, 4) is 11.3 Å². The van der Waals surface area contributed by atoms with Crippen molar-refractivity contribution < 1.29 is 4.79 Å². The lowest BCUT2D eigenvalue weighted by Crippen LogP contribution is -2.13. The minimum absolute atomic E-state index is 0.0646. The molecule has 0 aliphatic heterocycles. The zero-order valence-corrected chi connectivity index (χ0v) is 14.9. The van der Waals surface area contributed by atoms with Crippen LogP contribution in [0, 0.1) is 13.8 Å². The van der Waals surface area contributed by atoms with E-state index < -0.39 is 0 Å². The molecule has 0 spiro atoms. The summed E-state index contributed by atoms with van der Waals surface area (Å²) in [6.07, 6.45) is 4.50. The highest BCUT2D eigenvalue weighted by Crippen LogP contribution is 2.25. The number of benzene rings is 1. The number of carbonyl (C=O) groups excluding carboxylic acids is 1. The van der Waals surface area contributed by atoms with Crippen molar-refractivity contribution in [1.82, 2.24) is 15.2 Å². The van der Waals surface area contributed by atoms with Crippen molar-refractivity contribution >= 4 is 23.3 Å². The first-order valence-corrected chi connectivity index (χ1v) is 8.42. The number of pyridine rings is 1. The summed E-state index contributed by atoms with van der Waals surface area (Å²) < 4.78 is 0. The Morgan fingerprint density at radius 1 is 1.20 bits per heavy atom. The lowest BCUT2D eigenvalue weighted by molar-refractivity contribution is -0.116. The van der Waals surface area contributed by atoms with Gasteiger partial charge in [0.25, 0.3) is 0 Å². The molecule has 1 aromatic carbocycles. The van der Waals surface area contributed by atoms with E-state index in [0.29, 0.717) is 23.7 Å². The molecule has 25 heavy (non-hydrogen) atoms. The Labute approximate surface area is 151 Å². The Morgan fingerprint density at radius 3 is 2.68 bits per heavy atom. The number of amides is 1. The molecule has 0 unspecified atom stereocenters. The molecular formula is C19H19ClN4O. The molecule has 128 valence electrons. The van der Waals surface area contributed by atoms with Gasteiger partial charge < -0.3 is 5.32 Å². The normalized spacial score (nSPS) is 10.7. The van der Waals surface area contributed by atoms with Gasteiger partial charge in [-0.05, 0) is 55.7 Å². The van der Waals surface area contributed by atoms with Crippen LogP contribution in [0.25, 0.3) is 11.3 Å². The number of hydrogen-bond acceptors (Lipinski definition) is 3. The van der Waals surface area contributed by atoms with Gasteiger partial charge in [-0.3, -0.25) is 14.9 Å². The van der Waals surface area contributed by atoms with Gasteiger partial charge in [0, 0.05) is 35.0 Å². The monoisotopic (exact) mass is 354 g/mol. The molecule has 0 aliphatic rings. The molecule has 2 N–H and O–H groups in total. The van der Waals surface area contributed by atoms with Gasteiger partial charge in [-0.1, -0.05) is 17.7 Å². The summed E-state index contributed by atoms with van der Waals surface area (Å²) >= 11 is 5.96. The second kappa shape index (κ2) is 7.49. The molecule has 3 aromatic rings. The van der Waals surface area contributed by atoms with E-state index in [1.165, 1.54) is 0 Å². The van der Waals surface area contributed by atoms with Gasteiger partial charge in [0.1, 0.15) is 0 Å². The van der Waals surface area contributed by atoms with Crippen LogP contribution in [-0.4, -0.2) is 21.1 Å². The third kappa shape index (κ3) is 4.06. The highest BCUT2D eigenvalue weighted by Gasteiger charge is 2.13. The van der Waals surface area contributed by atoms with E-state index in [4.69, 9.17) is 11.6 Å². The summed E-state index contributed by atoms with van der Waals surface area (Å²) in [6, 6.07) is 9.52. The van der Waals surface area contributed by atoms with E-state index in [9.17, 15) is 4.79 Å². The van der Waals surface area contributed by atoms with Gasteiger partial charge >= 0.3 is 0 Å². The molecule has 0 aliphatic carbocycles. The van der Waals surface area contributed by atoms with E-state index >= 15 is 0 Å². The number of halogens is 1. The lowest BCUT2D eigenvalue weighted by atomic mass is 10.0. The molecular weight excluding hydrogens is 336 g/mol. The van der Waals surface area contributed by atoms with Crippen LogP contribution in [0.15, 0.2) is 42.7 Å². The van der Waals surface area contributed by atoms with Gasteiger partial charge in [0.15, 0.2) is 5.82 Å². The number of H-pyrrole nitrogens is 1. The molecule has 2 heterocycles. The number of carbonyl (C=O) groups is 1. The molecule has 5 nitrogen and oxygen atoms in total. The van der Waals surface area contributed by atoms with Crippen LogP contribution in [0.4, 0.5) is 5.82 Å². The molecule has 0 bridgehead atoms. The van der Waals surface area contributed by atoms with E-state index in [2.05, 4.69) is 20.5 Å². The predicted molar refractivity (Wildman–Crippen MR) is 99.7 cm³/mol. The summed E-state index contributed by atoms with van der Waals surface area (Å²) in [4.78, 5) is 16.3. The van der Waals surface area contributed by atoms with Crippen molar-refractivity contribution in [3.63, 3.8) is 0 Å². The van der Waals surface area contributed by atoms with Crippen LogP contribution < -0.4 is 5.32 Å². The molecule has 6 heteroatoms. The maximum absolute atomic E-state index is 12.3. The fraction of sp³-hybridized carbons (Fsp3) is 0.211. The second-order valence-electron chi connectivity index (χ2n) is 5.93. The van der Waals surface area contributed by atoms with Crippen LogP contribution in [0.3, 0.4) is 0 Å². The zero-order valence-electron chi connectivity index (χ0n) is 14.1. The molecule has 0 fully saturated rings. The standard InChI is InChI=1S/C19H19ClN4O/c1-12-11-16(20)5-3-14(12)4-6-17(25)22-19-13(2)18(23-24-19)15-7-9-21-10-8-15/h3,5,7-11H,4,6H2,1-2H3,(H2,22,23,24,25). The Balaban J connectivity index is 1.65. The predicted octanol–water partition coefficient (Wildman–Crippen LogP) is 4.31. The molecule has 0 atom stereocenters. The average molecular weight is 355 g/mol. The molecule has 0 radical (unpaired) electrons. The number of nitrogens with zero attached hydrogens (tertiary/aromatic N) is 2. The average Bonchev–Trinajstić information content (AvgIpc) is 2.95. The molecule has 0 saturated heterocycles. The number of hydrogen-bond donors (Lipinski definition) is 2. The van der Waals surface area contributed by atoms with Crippen molar-refractivity contribution in [2.45, 2.75) is 26.7 Å². The summed E-state index contributed by atoms with van der Waals surface area (Å²) in [6.45, 7) is 3.93. The minimum Gasteiger partial charge on any atom is -0.309 e. The Bertz CT molecular complexity index is 890. The molecule has 2 aromatic heterocycles. The highest BCUT2D eigenvalue weighted by atomic mass is 35.5. The second-order valence-corrected chi connectivity index (χ2v) is 6.36. The van der Waals surface area contributed by atoms with Crippen LogP contribution in [0.5, 0.6) is 0 Å². The van der Waals surface area contributed by atoms with Crippen molar-refractivity contribution in [1.29, 1.82) is 0 Å². The lowest BCUT2D eigenvalue weighted by Gasteiger charge is -2.07. The fourth-order valence-corrected chi connectivity index (χ4v) is 2.93. The summed E-state index contributed by atoms with van der Waals surface area (Å²) in [5, 5.41) is 10.8. The Hall–Kier alpha value is -2.66. The van der Waals surface area contributed by atoms with E-state index in [0.717, 1.165) is 27.9 Å². The van der Waals surface area contributed by atoms with Crippen LogP contribution in [0.2, 0.25) is 5.02 Å². The van der Waals surface area contributed by atoms with Crippen molar-refractivity contribution in [2.24, 2.45) is 0 Å².